The first-order valence-corrected chi connectivity index (χ1v) is 5.11. The van der Waals surface area contributed by atoms with E-state index < -0.39 is 0 Å². The van der Waals surface area contributed by atoms with Crippen molar-refractivity contribution in [2.24, 2.45) is 0 Å². The van der Waals surface area contributed by atoms with E-state index in [9.17, 15) is 0 Å². The summed E-state index contributed by atoms with van der Waals surface area (Å²) in [6.45, 7) is 7.70. The molecule has 0 atom stereocenters. The maximum absolute atomic E-state index is 5.51. The fraction of sp³-hybridized carbons (Fsp3) is 1.00. The highest BCUT2D eigenvalue weighted by molar-refractivity contribution is 4.55. The van der Waals surface area contributed by atoms with E-state index in [-0.39, 0.29) is 6.10 Å². The summed E-state index contributed by atoms with van der Waals surface area (Å²) in [4.78, 5) is 0. The van der Waals surface area contributed by atoms with Crippen molar-refractivity contribution in [3.8, 4) is 0 Å². The van der Waals surface area contributed by atoms with Gasteiger partial charge in [-0.3, -0.25) is 0 Å². The van der Waals surface area contributed by atoms with Gasteiger partial charge < -0.3 is 18.9 Å². The van der Waals surface area contributed by atoms with Gasteiger partial charge in [-0.2, -0.15) is 0 Å². The summed E-state index contributed by atoms with van der Waals surface area (Å²) in [6.07, 6.45) is 0.0186. The maximum atomic E-state index is 5.51. The molecule has 0 amide bonds. The molecule has 14 heavy (non-hydrogen) atoms. The Morgan fingerprint density at radius 2 is 1.50 bits per heavy atom. The molecule has 0 saturated carbocycles. The van der Waals surface area contributed by atoms with Gasteiger partial charge >= 0.3 is 0 Å². The first-order valence-electron chi connectivity index (χ1n) is 5.11. The second-order valence-corrected chi connectivity index (χ2v) is 2.80. The van der Waals surface area contributed by atoms with Crippen LogP contribution in [0.3, 0.4) is 0 Å². The van der Waals surface area contributed by atoms with Crippen molar-refractivity contribution in [3.63, 3.8) is 0 Å². The molecule has 0 aliphatic carbocycles. The lowest BCUT2D eigenvalue weighted by Gasteiger charge is -2.17. The molecule has 0 spiro atoms. The van der Waals surface area contributed by atoms with Crippen LogP contribution in [0.4, 0.5) is 0 Å². The van der Waals surface area contributed by atoms with Gasteiger partial charge in [0.2, 0.25) is 0 Å². The summed E-state index contributed by atoms with van der Waals surface area (Å²) in [5.74, 6) is 0. The van der Waals surface area contributed by atoms with E-state index in [1.54, 1.807) is 7.11 Å². The predicted octanol–water partition coefficient (Wildman–Crippen LogP) is 1.09. The molecule has 4 nitrogen and oxygen atoms in total. The summed E-state index contributed by atoms with van der Waals surface area (Å²) < 4.78 is 21.0. The Morgan fingerprint density at radius 1 is 0.929 bits per heavy atom. The first kappa shape index (κ1) is 13.8. The van der Waals surface area contributed by atoms with Crippen LogP contribution in [0.1, 0.15) is 13.8 Å². The summed E-state index contributed by atoms with van der Waals surface area (Å²) in [7, 11) is 1.66. The van der Waals surface area contributed by atoms with Gasteiger partial charge in [0.1, 0.15) is 6.10 Å². The quantitative estimate of drug-likeness (QED) is 0.501. The van der Waals surface area contributed by atoms with Crippen molar-refractivity contribution in [2.45, 2.75) is 20.0 Å². The van der Waals surface area contributed by atoms with Crippen LogP contribution in [0.25, 0.3) is 0 Å². The van der Waals surface area contributed by atoms with E-state index in [1.165, 1.54) is 0 Å². The standard InChI is InChI=1S/C10H22O4/c1-4-12-8-10(9-13-5-2)14-7-6-11-3/h10H,4-9H2,1-3H3. The van der Waals surface area contributed by atoms with Gasteiger partial charge in [-0.05, 0) is 13.8 Å². The van der Waals surface area contributed by atoms with E-state index in [0.717, 1.165) is 0 Å². The molecule has 0 rings (SSSR count). The van der Waals surface area contributed by atoms with Gasteiger partial charge in [-0.15, -0.1) is 0 Å². The van der Waals surface area contributed by atoms with Crippen molar-refractivity contribution in [3.05, 3.63) is 0 Å². The Morgan fingerprint density at radius 3 is 1.93 bits per heavy atom. The van der Waals surface area contributed by atoms with Gasteiger partial charge in [0.15, 0.2) is 0 Å². The molecule has 0 bridgehead atoms. The predicted molar refractivity (Wildman–Crippen MR) is 54.6 cm³/mol. The summed E-state index contributed by atoms with van der Waals surface area (Å²) in [5, 5.41) is 0. The third-order valence-electron chi connectivity index (χ3n) is 1.66. The molecule has 86 valence electrons. The van der Waals surface area contributed by atoms with Crippen molar-refractivity contribution < 1.29 is 18.9 Å². The average molecular weight is 206 g/mol. The molecule has 0 aromatic heterocycles. The zero-order chi connectivity index (χ0) is 10.6. The van der Waals surface area contributed by atoms with Crippen LogP contribution in [0, 0.1) is 0 Å². The number of methoxy groups -OCH3 is 1. The Labute approximate surface area is 86.5 Å². The van der Waals surface area contributed by atoms with E-state index in [0.29, 0.717) is 39.6 Å². The molecular formula is C10H22O4. The minimum absolute atomic E-state index is 0.0186. The molecule has 0 unspecified atom stereocenters. The SMILES string of the molecule is CCOCC(COCC)OCCOC. The van der Waals surface area contributed by atoms with Crippen LogP contribution < -0.4 is 0 Å². The Kier molecular flexibility index (Phi) is 10.8. The number of ether oxygens (including phenoxy) is 4. The topological polar surface area (TPSA) is 36.9 Å². The lowest BCUT2D eigenvalue weighted by Crippen LogP contribution is -2.27. The molecule has 0 aromatic rings. The van der Waals surface area contributed by atoms with E-state index in [4.69, 9.17) is 18.9 Å². The number of hydrogen-bond acceptors (Lipinski definition) is 4. The Bertz CT molecular complexity index is 100. The smallest absolute Gasteiger partial charge is 0.104 e. The van der Waals surface area contributed by atoms with Crippen molar-refractivity contribution in [1.82, 2.24) is 0 Å². The number of hydrogen-bond donors (Lipinski definition) is 0. The second kappa shape index (κ2) is 10.9. The van der Waals surface area contributed by atoms with Crippen LogP contribution >= 0.6 is 0 Å². The van der Waals surface area contributed by atoms with E-state index in [2.05, 4.69) is 0 Å². The van der Waals surface area contributed by atoms with Crippen LogP contribution in [0.15, 0.2) is 0 Å². The zero-order valence-corrected chi connectivity index (χ0v) is 9.45. The van der Waals surface area contributed by atoms with Gasteiger partial charge in [0.05, 0.1) is 26.4 Å². The molecule has 4 heteroatoms. The third-order valence-corrected chi connectivity index (χ3v) is 1.66. The highest BCUT2D eigenvalue weighted by Crippen LogP contribution is 1.95. The van der Waals surface area contributed by atoms with Crippen LogP contribution in [-0.2, 0) is 18.9 Å². The van der Waals surface area contributed by atoms with Crippen LogP contribution in [0.2, 0.25) is 0 Å². The average Bonchev–Trinajstić information content (AvgIpc) is 2.21. The minimum atomic E-state index is 0.0186. The highest BCUT2D eigenvalue weighted by atomic mass is 16.6. The van der Waals surface area contributed by atoms with Crippen molar-refractivity contribution >= 4 is 0 Å². The van der Waals surface area contributed by atoms with Crippen molar-refractivity contribution in [2.75, 3.05) is 46.8 Å². The van der Waals surface area contributed by atoms with E-state index >= 15 is 0 Å². The molecule has 0 heterocycles. The molecule has 0 aliphatic rings. The zero-order valence-electron chi connectivity index (χ0n) is 9.45. The molecule has 0 saturated heterocycles. The summed E-state index contributed by atoms with van der Waals surface area (Å²) in [6, 6.07) is 0. The van der Waals surface area contributed by atoms with Gasteiger partial charge in [0, 0.05) is 20.3 Å². The van der Waals surface area contributed by atoms with Gasteiger partial charge in [0.25, 0.3) is 0 Å². The third kappa shape index (κ3) is 8.44. The van der Waals surface area contributed by atoms with Gasteiger partial charge in [-0.1, -0.05) is 0 Å². The molecular weight excluding hydrogens is 184 g/mol. The maximum Gasteiger partial charge on any atom is 0.104 e. The first-order chi connectivity index (χ1) is 6.85. The van der Waals surface area contributed by atoms with Crippen LogP contribution in [-0.4, -0.2) is 52.9 Å². The minimum Gasteiger partial charge on any atom is -0.382 e. The second-order valence-electron chi connectivity index (χ2n) is 2.80. The lowest BCUT2D eigenvalue weighted by molar-refractivity contribution is -0.0668. The summed E-state index contributed by atoms with van der Waals surface area (Å²) >= 11 is 0. The molecule has 0 fully saturated rings. The van der Waals surface area contributed by atoms with E-state index in [1.807, 2.05) is 13.8 Å². The van der Waals surface area contributed by atoms with Gasteiger partial charge in [-0.25, -0.2) is 0 Å². The Balaban J connectivity index is 3.49. The van der Waals surface area contributed by atoms with Crippen LogP contribution in [0.5, 0.6) is 0 Å². The fourth-order valence-electron chi connectivity index (χ4n) is 0.941. The molecule has 0 aliphatic heterocycles. The monoisotopic (exact) mass is 206 g/mol. The molecule has 0 N–H and O–H groups in total. The normalized spacial score (nSPS) is 11.1. The lowest BCUT2D eigenvalue weighted by atomic mass is 10.4. The molecule has 0 aromatic carbocycles. The Hall–Kier alpha value is -0.160. The molecule has 0 radical (unpaired) electrons. The summed E-state index contributed by atoms with van der Waals surface area (Å²) in [5.41, 5.74) is 0. The largest absolute Gasteiger partial charge is 0.382 e. The number of rotatable bonds is 10. The fourth-order valence-corrected chi connectivity index (χ4v) is 0.941. The van der Waals surface area contributed by atoms with Crippen molar-refractivity contribution in [1.29, 1.82) is 0 Å². The highest BCUT2D eigenvalue weighted by Gasteiger charge is 2.08.